The van der Waals surface area contributed by atoms with Crippen LogP contribution in [0.3, 0.4) is 0 Å². The van der Waals surface area contributed by atoms with Crippen LogP contribution in [0.4, 0.5) is 5.95 Å². The van der Waals surface area contributed by atoms with Crippen LogP contribution in [0.15, 0.2) is 28.7 Å². The number of hydrogen-bond donors (Lipinski definition) is 0. The van der Waals surface area contributed by atoms with Crippen molar-refractivity contribution in [1.29, 1.82) is 5.26 Å². The number of hydrogen-bond acceptors (Lipinski definition) is 5. The van der Waals surface area contributed by atoms with E-state index in [9.17, 15) is 10.1 Å². The van der Waals surface area contributed by atoms with Crippen molar-refractivity contribution >= 4 is 27.7 Å². The summed E-state index contributed by atoms with van der Waals surface area (Å²) in [5.41, 5.74) is 2.89. The van der Waals surface area contributed by atoms with Crippen molar-refractivity contribution < 1.29 is 4.79 Å². The molecule has 0 N–H and O–H groups in total. The molecule has 1 aliphatic heterocycles. The zero-order chi connectivity index (χ0) is 17.6. The maximum Gasteiger partial charge on any atom is 0.226 e. The summed E-state index contributed by atoms with van der Waals surface area (Å²) in [6.45, 7) is 3.32. The van der Waals surface area contributed by atoms with Crippen molar-refractivity contribution in [2.24, 2.45) is 5.41 Å². The van der Waals surface area contributed by atoms with Gasteiger partial charge in [-0.25, -0.2) is 9.97 Å². The summed E-state index contributed by atoms with van der Waals surface area (Å²) in [6.07, 6.45) is 2.42. The highest BCUT2D eigenvalue weighted by Gasteiger charge is 2.47. The lowest BCUT2D eigenvalue weighted by molar-refractivity contribution is 0.0774. The normalized spacial score (nSPS) is 18.3. The largest absolute Gasteiger partial charge is 0.341 e. The number of carbonyl (C=O) groups is 1. The Hall–Kier alpha value is -2.26. The third-order valence-corrected chi connectivity index (χ3v) is 6.34. The van der Waals surface area contributed by atoms with Crippen LogP contribution in [0, 0.1) is 23.7 Å². The Balaban J connectivity index is 1.56. The van der Waals surface area contributed by atoms with E-state index in [1.807, 2.05) is 25.1 Å². The smallest absolute Gasteiger partial charge is 0.226 e. The van der Waals surface area contributed by atoms with Crippen molar-refractivity contribution in [2.75, 3.05) is 18.0 Å². The maximum atomic E-state index is 12.9. The van der Waals surface area contributed by atoms with E-state index in [1.54, 1.807) is 0 Å². The highest BCUT2D eigenvalue weighted by molar-refractivity contribution is 9.10. The average Bonchev–Trinajstić information content (AvgIpc) is 2.90. The van der Waals surface area contributed by atoms with Gasteiger partial charge in [-0.1, -0.05) is 24.3 Å². The molecule has 0 atom stereocenters. The molecule has 2 aromatic rings. The van der Waals surface area contributed by atoms with E-state index in [-0.39, 0.29) is 11.2 Å². The number of anilines is 1. The van der Waals surface area contributed by atoms with Crippen LogP contribution in [0.1, 0.15) is 40.2 Å². The summed E-state index contributed by atoms with van der Waals surface area (Å²) in [7, 11) is 0. The first-order valence-electron chi connectivity index (χ1n) is 8.36. The minimum Gasteiger partial charge on any atom is -0.341 e. The van der Waals surface area contributed by atoms with Gasteiger partial charge in [-0.05, 0) is 47.7 Å². The summed E-state index contributed by atoms with van der Waals surface area (Å²) in [5, 5.41) is 9.23. The van der Waals surface area contributed by atoms with E-state index < -0.39 is 0 Å². The zero-order valence-electron chi connectivity index (χ0n) is 13.9. The van der Waals surface area contributed by atoms with Crippen LogP contribution in [-0.2, 0) is 6.42 Å². The molecule has 25 heavy (non-hydrogen) atoms. The number of ketones is 1. The number of piperidine rings is 1. The summed E-state index contributed by atoms with van der Waals surface area (Å²) in [4.78, 5) is 23.9. The second-order valence-electron chi connectivity index (χ2n) is 6.81. The van der Waals surface area contributed by atoms with Gasteiger partial charge in [-0.15, -0.1) is 0 Å². The molecule has 1 aromatic heterocycles. The highest BCUT2D eigenvalue weighted by atomic mass is 79.9. The second kappa shape index (κ2) is 5.92. The van der Waals surface area contributed by atoms with E-state index in [4.69, 9.17) is 0 Å². The van der Waals surface area contributed by atoms with Crippen LogP contribution < -0.4 is 4.90 Å². The lowest BCUT2D eigenvalue weighted by Crippen LogP contribution is -2.44. The topological polar surface area (TPSA) is 69.9 Å². The summed E-state index contributed by atoms with van der Waals surface area (Å²) < 4.78 is 0.647. The Bertz CT molecular complexity index is 910. The number of halogens is 1. The second-order valence-corrected chi connectivity index (χ2v) is 7.61. The SMILES string of the molecule is Cc1nc(N2CCC3(CC2)Cc2ccccc2C3=O)nc(C#N)c1Br. The molecule has 1 fully saturated rings. The van der Waals surface area contributed by atoms with Gasteiger partial charge in [-0.3, -0.25) is 4.79 Å². The number of rotatable bonds is 1. The molecule has 2 heterocycles. The fourth-order valence-corrected chi connectivity index (χ4v) is 4.19. The van der Waals surface area contributed by atoms with Gasteiger partial charge >= 0.3 is 0 Å². The van der Waals surface area contributed by atoms with Gasteiger partial charge in [0.2, 0.25) is 5.95 Å². The fraction of sp³-hybridized carbons (Fsp3) is 0.368. The number of carbonyl (C=O) groups excluding carboxylic acids is 1. The fourth-order valence-electron chi connectivity index (χ4n) is 3.93. The molecule has 1 saturated heterocycles. The molecule has 1 aliphatic carbocycles. The van der Waals surface area contributed by atoms with E-state index in [2.05, 4.69) is 42.9 Å². The number of nitrogens with zero attached hydrogens (tertiary/aromatic N) is 4. The first-order valence-corrected chi connectivity index (χ1v) is 9.15. The van der Waals surface area contributed by atoms with Gasteiger partial charge in [0.15, 0.2) is 11.5 Å². The molecule has 0 amide bonds. The van der Waals surface area contributed by atoms with Crippen LogP contribution in [-0.4, -0.2) is 28.8 Å². The van der Waals surface area contributed by atoms with Crippen LogP contribution in [0.2, 0.25) is 0 Å². The Morgan fingerprint density at radius 3 is 2.64 bits per heavy atom. The van der Waals surface area contributed by atoms with E-state index in [0.717, 1.165) is 43.6 Å². The Morgan fingerprint density at radius 2 is 1.96 bits per heavy atom. The number of aryl methyl sites for hydroxylation is 1. The van der Waals surface area contributed by atoms with E-state index in [0.29, 0.717) is 16.1 Å². The number of Topliss-reactive ketones (excluding diaryl/α,β-unsaturated/α-hetero) is 1. The third kappa shape index (κ3) is 2.54. The molecule has 126 valence electrons. The van der Waals surface area contributed by atoms with Gasteiger partial charge in [0.25, 0.3) is 0 Å². The molecule has 1 spiro atoms. The van der Waals surface area contributed by atoms with Gasteiger partial charge in [0, 0.05) is 24.1 Å². The molecule has 4 rings (SSSR count). The molecule has 2 aliphatic rings. The first-order chi connectivity index (χ1) is 12.0. The lowest BCUT2D eigenvalue weighted by atomic mass is 9.75. The van der Waals surface area contributed by atoms with Gasteiger partial charge in [0.05, 0.1) is 10.2 Å². The molecular weight excluding hydrogens is 380 g/mol. The molecule has 0 bridgehead atoms. The van der Waals surface area contributed by atoms with Gasteiger partial charge in [-0.2, -0.15) is 5.26 Å². The van der Waals surface area contributed by atoms with E-state index >= 15 is 0 Å². The number of aromatic nitrogens is 2. The predicted octanol–water partition coefficient (Wildman–Crippen LogP) is 3.44. The van der Waals surface area contributed by atoms with Gasteiger partial charge in [0.1, 0.15) is 6.07 Å². The summed E-state index contributed by atoms with van der Waals surface area (Å²) in [6, 6.07) is 10.1. The summed E-state index contributed by atoms with van der Waals surface area (Å²) in [5.74, 6) is 0.864. The highest BCUT2D eigenvalue weighted by Crippen LogP contribution is 2.44. The van der Waals surface area contributed by atoms with Crippen molar-refractivity contribution in [1.82, 2.24) is 9.97 Å². The molecule has 0 unspecified atom stereocenters. The molecule has 6 heteroatoms. The van der Waals surface area contributed by atoms with Crippen molar-refractivity contribution in [2.45, 2.75) is 26.2 Å². The number of benzene rings is 1. The third-order valence-electron chi connectivity index (χ3n) is 5.39. The van der Waals surface area contributed by atoms with Crippen LogP contribution >= 0.6 is 15.9 Å². The van der Waals surface area contributed by atoms with Crippen LogP contribution in [0.5, 0.6) is 0 Å². The van der Waals surface area contributed by atoms with Gasteiger partial charge < -0.3 is 4.90 Å². The molecule has 0 radical (unpaired) electrons. The predicted molar refractivity (Wildman–Crippen MR) is 97.5 cm³/mol. The van der Waals surface area contributed by atoms with Crippen molar-refractivity contribution in [3.05, 3.63) is 51.3 Å². The Morgan fingerprint density at radius 1 is 1.24 bits per heavy atom. The minimum atomic E-state index is -0.275. The molecule has 5 nitrogen and oxygen atoms in total. The minimum absolute atomic E-state index is 0.275. The Labute approximate surface area is 154 Å². The number of fused-ring (bicyclic) bond motifs is 1. The first kappa shape index (κ1) is 16.2. The molecular formula is C19H17BrN4O. The monoisotopic (exact) mass is 396 g/mol. The Kier molecular flexibility index (Phi) is 3.84. The van der Waals surface area contributed by atoms with Crippen molar-refractivity contribution in [3.63, 3.8) is 0 Å². The lowest BCUT2D eigenvalue weighted by Gasteiger charge is -2.38. The number of nitriles is 1. The molecule has 0 saturated carbocycles. The zero-order valence-corrected chi connectivity index (χ0v) is 15.5. The summed E-state index contributed by atoms with van der Waals surface area (Å²) >= 11 is 3.36. The van der Waals surface area contributed by atoms with Crippen LogP contribution in [0.25, 0.3) is 0 Å². The average molecular weight is 397 g/mol. The quantitative estimate of drug-likeness (QED) is 0.737. The molecule has 1 aromatic carbocycles. The maximum absolute atomic E-state index is 12.9. The van der Waals surface area contributed by atoms with Crippen molar-refractivity contribution in [3.8, 4) is 6.07 Å². The standard InChI is InChI=1S/C19H17BrN4O/c1-12-16(20)15(11-21)23-18(22-12)24-8-6-19(7-9-24)10-13-4-2-3-5-14(13)17(19)25/h2-5H,6-10H2,1H3. The van der Waals surface area contributed by atoms with E-state index in [1.165, 1.54) is 5.56 Å².